The number of benzene rings is 3. The molecule has 2 fully saturated rings. The number of fused-ring (bicyclic) bond motifs is 4. The van der Waals surface area contributed by atoms with Crippen LogP contribution in [-0.4, -0.2) is 21.3 Å². The van der Waals surface area contributed by atoms with Gasteiger partial charge in [0.05, 0.1) is 12.7 Å². The van der Waals surface area contributed by atoms with Crippen molar-refractivity contribution in [1.29, 1.82) is 0 Å². The van der Waals surface area contributed by atoms with Crippen molar-refractivity contribution < 1.29 is 29.1 Å². The summed E-state index contributed by atoms with van der Waals surface area (Å²) in [5.74, 6) is 0.491. The average Bonchev–Trinajstić information content (AvgIpc) is 3.50. The maximum absolute atomic E-state index is 14.1. The first-order valence-corrected chi connectivity index (χ1v) is 19.4. The van der Waals surface area contributed by atoms with Gasteiger partial charge < -0.3 is 14.0 Å². The second-order valence-corrected chi connectivity index (χ2v) is 17.2. The minimum atomic E-state index is -2.28. The number of aromatic nitrogens is 2. The molecule has 3 aromatic heterocycles. The van der Waals surface area contributed by atoms with Gasteiger partial charge in [-0.3, -0.25) is 0 Å². The van der Waals surface area contributed by atoms with Crippen LogP contribution in [0.4, 0.5) is 0 Å². The zero-order valence-electron chi connectivity index (χ0n) is 28.3. The molecule has 0 unspecified atom stereocenters. The fourth-order valence-corrected chi connectivity index (χ4v) is 12.1. The second-order valence-electron chi connectivity index (χ2n) is 13.8. The molecule has 4 nitrogen and oxygen atoms in total. The summed E-state index contributed by atoms with van der Waals surface area (Å²) in [7, 11) is -2.28. The van der Waals surface area contributed by atoms with Gasteiger partial charge in [-0.15, -0.1) is 23.5 Å². The van der Waals surface area contributed by atoms with Crippen LogP contribution in [0.3, 0.4) is 0 Å². The first-order valence-electron chi connectivity index (χ1n) is 17.6. The van der Waals surface area contributed by atoms with Crippen molar-refractivity contribution in [3.05, 3.63) is 102 Å². The predicted molar refractivity (Wildman–Crippen MR) is 196 cm³/mol. The third-order valence-corrected chi connectivity index (χ3v) is 14.7. The first kappa shape index (κ1) is 34.8. The van der Waals surface area contributed by atoms with Gasteiger partial charge in [0, 0.05) is 48.7 Å². The Morgan fingerprint density at radius 2 is 1.50 bits per heavy atom. The van der Waals surface area contributed by atoms with Crippen molar-refractivity contribution in [1.82, 2.24) is 9.97 Å². The third-order valence-electron chi connectivity index (χ3n) is 10.4. The molecular formula is C42H45IrN2O2P-2. The summed E-state index contributed by atoms with van der Waals surface area (Å²) in [5, 5.41) is 5.41. The number of furan rings is 1. The van der Waals surface area contributed by atoms with Gasteiger partial charge in [-0.1, -0.05) is 81.5 Å². The zero-order valence-corrected chi connectivity index (χ0v) is 31.6. The molecule has 3 aromatic carbocycles. The fourth-order valence-electron chi connectivity index (χ4n) is 7.87. The molecule has 2 saturated carbocycles. The Balaban J connectivity index is 0.000000171. The van der Waals surface area contributed by atoms with Crippen LogP contribution in [0.5, 0.6) is 0 Å². The molecule has 8 rings (SSSR count). The number of rotatable bonds is 5. The standard InChI is InChI=1S/C24H19N2O.C18H26OP.Ir/c1-14(2)16-8-10-18-17(13-16)11-12-25-22(18)21-6-4-5-19-20-9-7-15(3)26-24(20)27-23(19)21;19-20(16-10-4-1-5-11-16,17-12-6-2-7-13-17)18-14-8-3-9-15-18;/h4-5,7-14H,1-3H3;1,4-5,10,17-18H,2-3,6-9,12-15H2;/q2*-1;. The zero-order chi connectivity index (χ0) is 32.4. The van der Waals surface area contributed by atoms with Gasteiger partial charge in [0.15, 0.2) is 0 Å². The summed E-state index contributed by atoms with van der Waals surface area (Å²) in [6, 6.07) is 31.5. The maximum Gasteiger partial charge on any atom is 0.216 e. The van der Waals surface area contributed by atoms with Crippen molar-refractivity contribution in [2.24, 2.45) is 0 Å². The largest absolute Gasteiger partial charge is 0.486 e. The molecule has 2 aliphatic rings. The number of nitrogens with zero attached hydrogens (tertiary/aromatic N) is 2. The predicted octanol–water partition coefficient (Wildman–Crippen LogP) is 11.6. The number of aryl methyl sites for hydroxylation is 1. The monoisotopic (exact) mass is 833 g/mol. The van der Waals surface area contributed by atoms with E-state index in [9.17, 15) is 4.57 Å². The van der Waals surface area contributed by atoms with Crippen molar-refractivity contribution in [2.75, 3.05) is 0 Å². The van der Waals surface area contributed by atoms with Crippen molar-refractivity contribution >= 4 is 45.3 Å². The molecule has 0 atom stereocenters. The van der Waals surface area contributed by atoms with Gasteiger partial charge >= 0.3 is 0 Å². The average molecular weight is 833 g/mol. The minimum Gasteiger partial charge on any atom is -0.486 e. The summed E-state index contributed by atoms with van der Waals surface area (Å²) < 4.78 is 20.2. The van der Waals surface area contributed by atoms with Crippen LogP contribution in [0.1, 0.15) is 95.2 Å². The molecule has 0 saturated heterocycles. The topological polar surface area (TPSA) is 56.0 Å². The van der Waals surface area contributed by atoms with E-state index >= 15 is 0 Å². The Bertz CT molecular complexity index is 2020. The van der Waals surface area contributed by atoms with Gasteiger partial charge in [-0.2, -0.15) is 30.3 Å². The Hall–Kier alpha value is -3.10. The Morgan fingerprint density at radius 3 is 2.17 bits per heavy atom. The number of hydrogen-bond donors (Lipinski definition) is 0. The first-order chi connectivity index (χ1) is 22.9. The summed E-state index contributed by atoms with van der Waals surface area (Å²) in [5.41, 5.74) is 6.37. The Labute approximate surface area is 298 Å². The van der Waals surface area contributed by atoms with E-state index in [1.807, 2.05) is 49.5 Å². The van der Waals surface area contributed by atoms with E-state index in [1.165, 1.54) is 75.2 Å². The molecule has 0 N–H and O–H groups in total. The van der Waals surface area contributed by atoms with E-state index in [0.29, 0.717) is 22.9 Å². The fraction of sp³-hybridized carbons (Fsp3) is 0.381. The van der Waals surface area contributed by atoms with Crippen LogP contribution in [-0.2, 0) is 24.7 Å². The van der Waals surface area contributed by atoms with Crippen molar-refractivity contribution in [2.45, 2.75) is 102 Å². The molecule has 0 amide bonds. The molecule has 3 heterocycles. The molecule has 1 radical (unpaired) electrons. The molecule has 6 aromatic rings. The van der Waals surface area contributed by atoms with Crippen LogP contribution in [0, 0.1) is 19.1 Å². The normalized spacial score (nSPS) is 16.2. The number of pyridine rings is 2. The quantitative estimate of drug-likeness (QED) is 0.128. The molecule has 0 bridgehead atoms. The Morgan fingerprint density at radius 1 is 0.792 bits per heavy atom. The second kappa shape index (κ2) is 15.2. The molecule has 6 heteroatoms. The van der Waals surface area contributed by atoms with Gasteiger partial charge in [-0.25, -0.2) is 4.98 Å². The van der Waals surface area contributed by atoms with Crippen molar-refractivity contribution in [3.8, 4) is 11.3 Å². The molecule has 0 spiro atoms. The van der Waals surface area contributed by atoms with Crippen LogP contribution in [0.2, 0.25) is 0 Å². The summed E-state index contributed by atoms with van der Waals surface area (Å²) in [6.07, 6.45) is 14.3. The minimum absolute atomic E-state index is 0. The molecule has 251 valence electrons. The van der Waals surface area contributed by atoms with E-state index < -0.39 is 7.14 Å². The van der Waals surface area contributed by atoms with Gasteiger partial charge in [-0.05, 0) is 78.8 Å². The Kier molecular flexibility index (Phi) is 11.0. The van der Waals surface area contributed by atoms with E-state index in [2.05, 4.69) is 72.3 Å². The van der Waals surface area contributed by atoms with Crippen LogP contribution >= 0.6 is 7.14 Å². The number of hydrogen-bond acceptors (Lipinski definition) is 4. The van der Waals surface area contributed by atoms with Gasteiger partial charge in [0.1, 0.15) is 0 Å². The van der Waals surface area contributed by atoms with E-state index in [0.717, 1.165) is 44.0 Å². The van der Waals surface area contributed by atoms with E-state index in [4.69, 9.17) is 4.42 Å². The summed E-state index contributed by atoms with van der Waals surface area (Å²) in [6.45, 7) is 6.39. The molecule has 0 aliphatic heterocycles. The summed E-state index contributed by atoms with van der Waals surface area (Å²) in [4.78, 5) is 9.22. The van der Waals surface area contributed by atoms with Crippen molar-refractivity contribution in [3.63, 3.8) is 0 Å². The van der Waals surface area contributed by atoms with Gasteiger partial charge in [0.2, 0.25) is 5.71 Å². The van der Waals surface area contributed by atoms with Gasteiger partial charge in [0.25, 0.3) is 0 Å². The molecular weight excluding hydrogens is 788 g/mol. The summed E-state index contributed by atoms with van der Waals surface area (Å²) >= 11 is 0. The third kappa shape index (κ3) is 6.84. The maximum atomic E-state index is 14.1. The van der Waals surface area contributed by atoms with E-state index in [1.54, 1.807) is 0 Å². The van der Waals surface area contributed by atoms with Crippen LogP contribution in [0.25, 0.3) is 44.1 Å². The molecule has 2 aliphatic carbocycles. The smallest absolute Gasteiger partial charge is 0.216 e. The van der Waals surface area contributed by atoms with Crippen LogP contribution < -0.4 is 5.30 Å². The molecule has 48 heavy (non-hydrogen) atoms. The van der Waals surface area contributed by atoms with Crippen LogP contribution in [0.15, 0.2) is 83.4 Å². The SMILES string of the molecule is Cc1ccc2c(n1)oc1c(-c3nccc4cc(C(C)C)ccc34)[c-]ccc12.O=P(c1[c-]cccc1)(C1CCCCC1)C1CCCCC1.[Ir]. The van der Waals surface area contributed by atoms with E-state index in [-0.39, 0.29) is 20.1 Å².